The summed E-state index contributed by atoms with van der Waals surface area (Å²) < 4.78 is 0. The molecule has 1 aliphatic heterocycles. The number of piperidine rings is 1. The number of likely N-dealkylation sites (tertiary alicyclic amines) is 1. The van der Waals surface area contributed by atoms with Gasteiger partial charge in [0.25, 0.3) is 0 Å². The van der Waals surface area contributed by atoms with Crippen molar-refractivity contribution in [1.29, 1.82) is 0 Å². The summed E-state index contributed by atoms with van der Waals surface area (Å²) in [7, 11) is 0. The van der Waals surface area contributed by atoms with E-state index in [0.29, 0.717) is 25.8 Å². The molecule has 2 fully saturated rings. The lowest BCUT2D eigenvalue weighted by Crippen LogP contribution is -2.41. The Balaban J connectivity index is 1.77. The number of aliphatic hydroxyl groups is 1. The first-order valence-electron chi connectivity index (χ1n) is 8.19. The van der Waals surface area contributed by atoms with Crippen LogP contribution in [0.25, 0.3) is 0 Å². The van der Waals surface area contributed by atoms with E-state index in [1.54, 1.807) is 0 Å². The maximum atomic E-state index is 12.2. The highest BCUT2D eigenvalue weighted by atomic mass is 16.4. The topological polar surface area (TPSA) is 77.8 Å². The number of carbonyl (C=O) groups excluding carboxylic acids is 1. The summed E-state index contributed by atoms with van der Waals surface area (Å²) in [5, 5.41) is 18.6. The van der Waals surface area contributed by atoms with Crippen LogP contribution in [0.4, 0.5) is 0 Å². The molecule has 1 amide bonds. The van der Waals surface area contributed by atoms with Gasteiger partial charge in [0.05, 0.1) is 5.41 Å². The maximum Gasteiger partial charge on any atom is 0.309 e. The molecule has 1 aliphatic carbocycles. The van der Waals surface area contributed by atoms with Crippen LogP contribution in [0, 0.1) is 11.3 Å². The van der Waals surface area contributed by atoms with Crippen LogP contribution < -0.4 is 0 Å². The monoisotopic (exact) mass is 297 g/mol. The average Bonchev–Trinajstić information content (AvgIpc) is 2.97. The van der Waals surface area contributed by atoms with Gasteiger partial charge in [-0.3, -0.25) is 9.59 Å². The van der Waals surface area contributed by atoms with Gasteiger partial charge in [0.15, 0.2) is 0 Å². The van der Waals surface area contributed by atoms with Crippen molar-refractivity contribution >= 4 is 11.9 Å². The fourth-order valence-corrected chi connectivity index (χ4v) is 3.80. The lowest BCUT2D eigenvalue weighted by Gasteiger charge is -2.32. The van der Waals surface area contributed by atoms with Gasteiger partial charge in [-0.2, -0.15) is 0 Å². The highest BCUT2D eigenvalue weighted by Gasteiger charge is 2.40. The summed E-state index contributed by atoms with van der Waals surface area (Å²) in [5.74, 6) is -0.361. The Labute approximate surface area is 126 Å². The lowest BCUT2D eigenvalue weighted by molar-refractivity contribution is -0.149. The molecule has 1 atom stereocenters. The number of amides is 1. The first-order valence-corrected chi connectivity index (χ1v) is 8.19. The number of rotatable bonds is 6. The number of aliphatic hydroxyl groups excluding tert-OH is 1. The highest BCUT2D eigenvalue weighted by molar-refractivity contribution is 5.77. The molecule has 5 nitrogen and oxygen atoms in total. The van der Waals surface area contributed by atoms with Crippen molar-refractivity contribution in [3.63, 3.8) is 0 Å². The predicted molar refractivity (Wildman–Crippen MR) is 78.8 cm³/mol. The molecule has 0 bridgehead atoms. The number of hydrogen-bond donors (Lipinski definition) is 2. The third-order valence-electron chi connectivity index (χ3n) is 5.19. The number of hydrogen-bond acceptors (Lipinski definition) is 3. The molecule has 2 N–H and O–H groups in total. The van der Waals surface area contributed by atoms with Gasteiger partial charge in [-0.1, -0.05) is 12.8 Å². The molecule has 0 unspecified atom stereocenters. The van der Waals surface area contributed by atoms with Crippen molar-refractivity contribution in [2.45, 2.75) is 57.8 Å². The van der Waals surface area contributed by atoms with Crippen LogP contribution in [0.3, 0.4) is 0 Å². The normalized spacial score (nSPS) is 25.0. The SMILES string of the molecule is O=C(CCCC1(C(=O)O)CCCC1)N1CCC[C@@H](CO)C1. The van der Waals surface area contributed by atoms with Crippen LogP contribution in [0.1, 0.15) is 57.8 Å². The first kappa shape index (κ1) is 16.3. The smallest absolute Gasteiger partial charge is 0.309 e. The second-order valence-electron chi connectivity index (χ2n) is 6.68. The van der Waals surface area contributed by atoms with Crippen LogP contribution in [0.5, 0.6) is 0 Å². The molecule has 1 saturated heterocycles. The molecule has 0 spiro atoms. The van der Waals surface area contributed by atoms with Crippen molar-refractivity contribution in [2.75, 3.05) is 19.7 Å². The number of carbonyl (C=O) groups is 2. The van der Waals surface area contributed by atoms with Crippen molar-refractivity contribution in [1.82, 2.24) is 4.90 Å². The molecule has 2 rings (SSSR count). The number of carboxylic acids is 1. The van der Waals surface area contributed by atoms with Gasteiger partial charge < -0.3 is 15.1 Å². The summed E-state index contributed by atoms with van der Waals surface area (Å²) in [6, 6.07) is 0. The summed E-state index contributed by atoms with van der Waals surface area (Å²) >= 11 is 0. The first-order chi connectivity index (χ1) is 10.1. The molecule has 0 radical (unpaired) electrons. The summed E-state index contributed by atoms with van der Waals surface area (Å²) in [4.78, 5) is 25.5. The zero-order valence-electron chi connectivity index (χ0n) is 12.7. The van der Waals surface area contributed by atoms with Crippen LogP contribution >= 0.6 is 0 Å². The Hall–Kier alpha value is -1.10. The standard InChI is InChI=1S/C16H27NO4/c18-12-13-5-4-10-17(11-13)14(19)6-3-9-16(15(20)21)7-1-2-8-16/h13,18H,1-12H2,(H,20,21)/t13-/m1/s1. The van der Waals surface area contributed by atoms with E-state index in [0.717, 1.165) is 45.1 Å². The summed E-state index contributed by atoms with van der Waals surface area (Å²) in [6.45, 7) is 1.57. The van der Waals surface area contributed by atoms with Gasteiger partial charge in [0.1, 0.15) is 0 Å². The van der Waals surface area contributed by atoms with Crippen molar-refractivity contribution in [3.05, 3.63) is 0 Å². The van der Waals surface area contributed by atoms with Crippen molar-refractivity contribution in [3.8, 4) is 0 Å². The molecule has 1 saturated carbocycles. The van der Waals surface area contributed by atoms with E-state index < -0.39 is 11.4 Å². The number of carboxylic acid groups (broad SMARTS) is 1. The Morgan fingerprint density at radius 3 is 2.52 bits per heavy atom. The molecule has 0 aromatic carbocycles. The molecule has 21 heavy (non-hydrogen) atoms. The van der Waals surface area contributed by atoms with Crippen molar-refractivity contribution < 1.29 is 19.8 Å². The minimum Gasteiger partial charge on any atom is -0.481 e. The Kier molecular flexibility index (Phi) is 5.62. The van der Waals surface area contributed by atoms with E-state index in [2.05, 4.69) is 0 Å². The largest absolute Gasteiger partial charge is 0.481 e. The van der Waals surface area contributed by atoms with Gasteiger partial charge >= 0.3 is 5.97 Å². The van der Waals surface area contributed by atoms with E-state index in [9.17, 15) is 19.8 Å². The van der Waals surface area contributed by atoms with E-state index in [1.807, 2.05) is 4.90 Å². The molecule has 0 aromatic heterocycles. The van der Waals surface area contributed by atoms with Crippen LogP contribution in [-0.2, 0) is 9.59 Å². The highest BCUT2D eigenvalue weighted by Crippen LogP contribution is 2.42. The molecule has 5 heteroatoms. The molecule has 1 heterocycles. The molecule has 2 aliphatic rings. The lowest BCUT2D eigenvalue weighted by atomic mass is 9.81. The number of nitrogens with zero attached hydrogens (tertiary/aromatic N) is 1. The van der Waals surface area contributed by atoms with E-state index in [-0.39, 0.29) is 18.4 Å². The summed E-state index contributed by atoms with van der Waals surface area (Å²) in [5.41, 5.74) is -0.574. The Morgan fingerprint density at radius 2 is 1.90 bits per heavy atom. The van der Waals surface area contributed by atoms with E-state index >= 15 is 0 Å². The minimum absolute atomic E-state index is 0.117. The third kappa shape index (κ3) is 3.96. The Bertz CT molecular complexity index is 376. The van der Waals surface area contributed by atoms with Gasteiger partial charge in [0, 0.05) is 26.1 Å². The third-order valence-corrected chi connectivity index (χ3v) is 5.19. The molecular formula is C16H27NO4. The molecule has 120 valence electrons. The predicted octanol–water partition coefficient (Wildman–Crippen LogP) is 2.03. The van der Waals surface area contributed by atoms with Gasteiger partial charge in [0.2, 0.25) is 5.91 Å². The average molecular weight is 297 g/mol. The van der Waals surface area contributed by atoms with Crippen molar-refractivity contribution in [2.24, 2.45) is 11.3 Å². The van der Waals surface area contributed by atoms with E-state index in [1.165, 1.54) is 0 Å². The fourth-order valence-electron chi connectivity index (χ4n) is 3.80. The zero-order chi connectivity index (χ0) is 15.3. The Morgan fingerprint density at radius 1 is 1.19 bits per heavy atom. The van der Waals surface area contributed by atoms with Crippen LogP contribution in [-0.4, -0.2) is 46.7 Å². The summed E-state index contributed by atoms with van der Waals surface area (Å²) in [6.07, 6.45) is 7.15. The minimum atomic E-state index is -0.689. The molecular weight excluding hydrogens is 270 g/mol. The van der Waals surface area contributed by atoms with Gasteiger partial charge in [-0.15, -0.1) is 0 Å². The second kappa shape index (κ2) is 7.25. The maximum absolute atomic E-state index is 12.2. The zero-order valence-corrected chi connectivity index (χ0v) is 12.7. The van der Waals surface area contributed by atoms with Crippen LogP contribution in [0.15, 0.2) is 0 Å². The second-order valence-corrected chi connectivity index (χ2v) is 6.68. The van der Waals surface area contributed by atoms with E-state index in [4.69, 9.17) is 0 Å². The fraction of sp³-hybridized carbons (Fsp3) is 0.875. The van der Waals surface area contributed by atoms with Gasteiger partial charge in [-0.25, -0.2) is 0 Å². The van der Waals surface area contributed by atoms with Crippen LogP contribution in [0.2, 0.25) is 0 Å². The van der Waals surface area contributed by atoms with Gasteiger partial charge in [-0.05, 0) is 44.4 Å². The number of aliphatic carboxylic acids is 1. The quantitative estimate of drug-likeness (QED) is 0.786. The molecule has 0 aromatic rings.